The molecule has 1 aromatic carbocycles. The van der Waals surface area contributed by atoms with Crippen LogP contribution < -0.4 is 4.74 Å². The van der Waals surface area contributed by atoms with Gasteiger partial charge in [0.05, 0.1) is 14.2 Å². The zero-order chi connectivity index (χ0) is 17.0. The molecule has 5 nitrogen and oxygen atoms in total. The van der Waals surface area contributed by atoms with E-state index in [0.717, 1.165) is 17.7 Å². The fourth-order valence-electron chi connectivity index (χ4n) is 1.82. The highest BCUT2D eigenvalue weighted by Crippen LogP contribution is 2.14. The van der Waals surface area contributed by atoms with Gasteiger partial charge in [-0.05, 0) is 24.1 Å². The number of amides is 1. The number of benzene rings is 1. The van der Waals surface area contributed by atoms with E-state index in [-0.39, 0.29) is 12.3 Å². The van der Waals surface area contributed by atoms with E-state index in [1.807, 2.05) is 45.0 Å². The topological polar surface area (TPSA) is 55.8 Å². The maximum atomic E-state index is 12.0. The number of hydrogen-bond donors (Lipinski definition) is 0. The van der Waals surface area contributed by atoms with Gasteiger partial charge in [0.2, 0.25) is 5.91 Å². The maximum Gasteiger partial charge on any atom is 0.315 e. The number of rotatable bonds is 7. The van der Waals surface area contributed by atoms with Crippen LogP contribution in [0.2, 0.25) is 0 Å². The molecular weight excluding hydrogens is 282 g/mol. The largest absolute Gasteiger partial charge is 0.497 e. The van der Waals surface area contributed by atoms with Crippen LogP contribution in [0.3, 0.4) is 0 Å². The zero-order valence-electron chi connectivity index (χ0n) is 14.2. The van der Waals surface area contributed by atoms with Crippen molar-refractivity contribution in [2.24, 2.45) is 0 Å². The first kappa shape index (κ1) is 20.0. The molecule has 0 aliphatic rings. The molecule has 22 heavy (non-hydrogen) atoms. The lowest BCUT2D eigenvalue weighted by Gasteiger charge is -2.22. The smallest absolute Gasteiger partial charge is 0.315 e. The molecule has 5 heteroatoms. The molecule has 0 saturated heterocycles. The molecule has 0 aromatic heterocycles. The summed E-state index contributed by atoms with van der Waals surface area (Å²) in [5.74, 6) is 0.0528. The van der Waals surface area contributed by atoms with E-state index in [4.69, 9.17) is 4.74 Å². The van der Waals surface area contributed by atoms with E-state index < -0.39 is 5.97 Å². The number of carbonyl (C=O) groups is 2. The van der Waals surface area contributed by atoms with Crippen molar-refractivity contribution in [1.82, 2.24) is 4.90 Å². The monoisotopic (exact) mass is 309 g/mol. The van der Waals surface area contributed by atoms with Crippen LogP contribution >= 0.6 is 0 Å². The second kappa shape index (κ2) is 11.6. The molecule has 0 saturated carbocycles. The van der Waals surface area contributed by atoms with E-state index in [1.54, 1.807) is 12.0 Å². The third kappa shape index (κ3) is 7.11. The number of ether oxygens (including phenoxy) is 2. The molecule has 0 N–H and O–H groups in total. The lowest BCUT2D eigenvalue weighted by atomic mass is 10.2. The summed E-state index contributed by atoms with van der Waals surface area (Å²) in [5.41, 5.74) is 0.998. The normalized spacial score (nSPS) is 9.32. The fourth-order valence-corrected chi connectivity index (χ4v) is 1.82. The number of methoxy groups -OCH3 is 2. The van der Waals surface area contributed by atoms with Crippen molar-refractivity contribution in [2.75, 3.05) is 20.8 Å². The van der Waals surface area contributed by atoms with Gasteiger partial charge in [-0.3, -0.25) is 9.59 Å². The summed E-state index contributed by atoms with van der Waals surface area (Å²) in [6.07, 6.45) is 0.621. The van der Waals surface area contributed by atoms with Crippen LogP contribution in [0.4, 0.5) is 0 Å². The molecule has 0 fully saturated rings. The summed E-state index contributed by atoms with van der Waals surface area (Å²) in [4.78, 5) is 24.9. The Morgan fingerprint density at radius 3 is 2.14 bits per heavy atom. The van der Waals surface area contributed by atoms with Gasteiger partial charge in [-0.15, -0.1) is 0 Å². The molecule has 0 atom stereocenters. The minimum absolute atomic E-state index is 0.213. The summed E-state index contributed by atoms with van der Waals surface area (Å²) in [6.45, 7) is 7.09. The number of hydrogen-bond acceptors (Lipinski definition) is 4. The number of esters is 1. The van der Waals surface area contributed by atoms with Crippen molar-refractivity contribution in [2.45, 2.75) is 40.2 Å². The summed E-state index contributed by atoms with van der Waals surface area (Å²) in [6, 6.07) is 7.52. The Morgan fingerprint density at radius 2 is 1.68 bits per heavy atom. The Kier molecular flexibility index (Phi) is 10.5. The van der Waals surface area contributed by atoms with Crippen LogP contribution in [0.25, 0.3) is 0 Å². The van der Waals surface area contributed by atoms with Crippen LogP contribution in [0, 0.1) is 0 Å². The molecule has 1 aromatic rings. The molecule has 0 aliphatic carbocycles. The number of nitrogens with zero attached hydrogens (tertiary/aromatic N) is 1. The summed E-state index contributed by atoms with van der Waals surface area (Å²) in [7, 11) is 2.89. The third-order valence-corrected chi connectivity index (χ3v) is 2.90. The summed E-state index contributed by atoms with van der Waals surface area (Å²) >= 11 is 0. The van der Waals surface area contributed by atoms with Crippen LogP contribution in [0.1, 0.15) is 39.2 Å². The highest BCUT2D eigenvalue weighted by atomic mass is 16.5. The van der Waals surface area contributed by atoms with E-state index in [9.17, 15) is 9.59 Å². The Labute approximate surface area is 133 Å². The van der Waals surface area contributed by atoms with Crippen molar-refractivity contribution >= 4 is 11.9 Å². The molecular formula is C17H27NO4. The van der Waals surface area contributed by atoms with Gasteiger partial charge in [-0.1, -0.05) is 32.9 Å². The Morgan fingerprint density at radius 1 is 1.09 bits per heavy atom. The molecule has 124 valence electrons. The molecule has 1 rings (SSSR count). The Bertz CT molecular complexity index is 442. The van der Waals surface area contributed by atoms with Gasteiger partial charge >= 0.3 is 5.97 Å². The van der Waals surface area contributed by atoms with Crippen molar-refractivity contribution < 1.29 is 19.1 Å². The fraction of sp³-hybridized carbons (Fsp3) is 0.529. The Hall–Kier alpha value is -2.04. The molecule has 0 aliphatic heterocycles. The lowest BCUT2D eigenvalue weighted by molar-refractivity contribution is -0.147. The average molecular weight is 309 g/mol. The lowest BCUT2D eigenvalue weighted by Crippen LogP contribution is -2.32. The van der Waals surface area contributed by atoms with Gasteiger partial charge in [0, 0.05) is 13.1 Å². The summed E-state index contributed by atoms with van der Waals surface area (Å²) < 4.78 is 9.62. The number of carbonyl (C=O) groups excluding carboxylic acids is 2. The minimum Gasteiger partial charge on any atom is -0.497 e. The SMILES string of the molecule is CC.CCCN(Cc1ccc(OC)cc1)C(=O)CC(=O)OC. The maximum absolute atomic E-state index is 12.0. The molecule has 0 spiro atoms. The van der Waals surface area contributed by atoms with Crippen LogP contribution in [-0.2, 0) is 20.9 Å². The second-order valence-corrected chi connectivity index (χ2v) is 4.42. The van der Waals surface area contributed by atoms with Crippen LogP contribution in [0.15, 0.2) is 24.3 Å². The van der Waals surface area contributed by atoms with Gasteiger partial charge in [-0.2, -0.15) is 0 Å². The molecule has 0 heterocycles. The minimum atomic E-state index is -0.508. The van der Waals surface area contributed by atoms with Crippen LogP contribution in [-0.4, -0.2) is 37.5 Å². The van der Waals surface area contributed by atoms with Crippen LogP contribution in [0.5, 0.6) is 5.75 Å². The molecule has 1 amide bonds. The molecule has 0 radical (unpaired) electrons. The van der Waals surface area contributed by atoms with Gasteiger partial charge < -0.3 is 14.4 Å². The van der Waals surface area contributed by atoms with Crippen molar-refractivity contribution in [3.8, 4) is 5.75 Å². The highest BCUT2D eigenvalue weighted by molar-refractivity contribution is 5.94. The molecule has 0 bridgehead atoms. The van der Waals surface area contributed by atoms with Crippen molar-refractivity contribution in [1.29, 1.82) is 0 Å². The van der Waals surface area contributed by atoms with Gasteiger partial charge in [0.25, 0.3) is 0 Å². The highest BCUT2D eigenvalue weighted by Gasteiger charge is 2.17. The van der Waals surface area contributed by atoms with Crippen molar-refractivity contribution in [3.05, 3.63) is 29.8 Å². The Balaban J connectivity index is 0.00000211. The second-order valence-electron chi connectivity index (χ2n) is 4.42. The summed E-state index contributed by atoms with van der Waals surface area (Å²) in [5, 5.41) is 0. The first-order chi connectivity index (χ1) is 10.6. The van der Waals surface area contributed by atoms with Gasteiger partial charge in [0.15, 0.2) is 0 Å². The van der Waals surface area contributed by atoms with Gasteiger partial charge in [-0.25, -0.2) is 0 Å². The van der Waals surface area contributed by atoms with E-state index in [0.29, 0.717) is 13.1 Å². The van der Waals surface area contributed by atoms with E-state index in [1.165, 1.54) is 7.11 Å². The van der Waals surface area contributed by atoms with E-state index >= 15 is 0 Å². The third-order valence-electron chi connectivity index (χ3n) is 2.90. The predicted octanol–water partition coefficient (Wildman–Crippen LogP) is 3.02. The van der Waals surface area contributed by atoms with Crippen molar-refractivity contribution in [3.63, 3.8) is 0 Å². The molecule has 0 unspecified atom stereocenters. The van der Waals surface area contributed by atoms with Gasteiger partial charge in [0.1, 0.15) is 12.2 Å². The van der Waals surface area contributed by atoms with E-state index in [2.05, 4.69) is 4.74 Å². The standard InChI is InChI=1S/C15H21NO4.C2H6/c1-4-9-16(14(17)10-15(18)20-3)11-12-5-7-13(19-2)8-6-12;1-2/h5-8H,4,9-11H2,1-3H3;1-2H3. The quantitative estimate of drug-likeness (QED) is 0.574. The first-order valence-electron chi connectivity index (χ1n) is 7.58. The average Bonchev–Trinajstić information content (AvgIpc) is 2.56. The first-order valence-corrected chi connectivity index (χ1v) is 7.58. The predicted molar refractivity (Wildman–Crippen MR) is 86.7 cm³/mol. The zero-order valence-corrected chi connectivity index (χ0v) is 14.2.